The van der Waals surface area contributed by atoms with Gasteiger partial charge in [-0.1, -0.05) is 38.5 Å². The standard InChI is InChI=1S/C21H29O6PS2/c1-4-7-11-18-17-20(26-28(22,25-6-3)29-16-5-2)14-15-21(18)30(23,24)27-19-12-9-8-10-13-19/h8-10,12-15,17H,4-7,11,16H2,1-3H3. The van der Waals surface area contributed by atoms with Crippen molar-refractivity contribution in [3.63, 3.8) is 0 Å². The molecule has 0 N–H and O–H groups in total. The Hall–Kier alpha value is -1.47. The molecule has 2 aromatic carbocycles. The molecule has 1 unspecified atom stereocenters. The van der Waals surface area contributed by atoms with Gasteiger partial charge < -0.3 is 8.71 Å². The minimum Gasteiger partial charge on any atom is -0.417 e. The highest BCUT2D eigenvalue weighted by molar-refractivity contribution is 8.55. The van der Waals surface area contributed by atoms with E-state index in [1.165, 1.54) is 12.1 Å². The van der Waals surface area contributed by atoms with E-state index in [-0.39, 0.29) is 17.3 Å². The third-order valence-corrected chi connectivity index (χ3v) is 9.31. The summed E-state index contributed by atoms with van der Waals surface area (Å²) in [7, 11) is -4.02. The van der Waals surface area contributed by atoms with Crippen LogP contribution in [0.15, 0.2) is 53.4 Å². The highest BCUT2D eigenvalue weighted by Crippen LogP contribution is 2.60. The molecule has 166 valence electrons. The first kappa shape index (κ1) is 24.8. The number of para-hydroxylation sites is 1. The first-order chi connectivity index (χ1) is 14.3. The molecule has 0 aromatic heterocycles. The third kappa shape index (κ3) is 7.34. The van der Waals surface area contributed by atoms with Crippen molar-refractivity contribution in [1.29, 1.82) is 0 Å². The Labute approximate surface area is 183 Å². The van der Waals surface area contributed by atoms with E-state index >= 15 is 0 Å². The quantitative estimate of drug-likeness (QED) is 0.244. The van der Waals surface area contributed by atoms with Crippen molar-refractivity contribution in [3.8, 4) is 11.5 Å². The zero-order chi connectivity index (χ0) is 22.0. The summed E-state index contributed by atoms with van der Waals surface area (Å²) in [6, 6.07) is 12.9. The van der Waals surface area contributed by atoms with Crippen LogP contribution in [0.1, 0.15) is 45.6 Å². The molecule has 0 bridgehead atoms. The second-order valence-electron chi connectivity index (χ2n) is 6.51. The topological polar surface area (TPSA) is 78.9 Å². The van der Waals surface area contributed by atoms with Crippen LogP contribution in [-0.4, -0.2) is 20.8 Å². The van der Waals surface area contributed by atoms with E-state index < -0.39 is 16.9 Å². The molecular formula is C21H29O6PS2. The van der Waals surface area contributed by atoms with Gasteiger partial charge in [0.15, 0.2) is 0 Å². The van der Waals surface area contributed by atoms with E-state index in [9.17, 15) is 13.0 Å². The van der Waals surface area contributed by atoms with E-state index in [4.69, 9.17) is 13.2 Å². The lowest BCUT2D eigenvalue weighted by molar-refractivity contribution is 0.296. The van der Waals surface area contributed by atoms with Gasteiger partial charge in [0.2, 0.25) is 0 Å². The second-order valence-corrected chi connectivity index (χ2v) is 12.1. The van der Waals surface area contributed by atoms with Crippen LogP contribution in [-0.2, 0) is 25.6 Å². The number of hydrogen-bond donors (Lipinski definition) is 0. The zero-order valence-corrected chi connectivity index (χ0v) is 20.1. The predicted molar refractivity (Wildman–Crippen MR) is 122 cm³/mol. The summed E-state index contributed by atoms with van der Waals surface area (Å²) in [5.41, 5.74) is 0.564. The third-order valence-electron chi connectivity index (χ3n) is 4.01. The highest BCUT2D eigenvalue weighted by atomic mass is 32.7. The molecule has 1 atom stereocenters. The summed E-state index contributed by atoms with van der Waals surface area (Å²) in [5, 5.41) is 0. The van der Waals surface area contributed by atoms with Gasteiger partial charge in [-0.2, -0.15) is 8.42 Å². The van der Waals surface area contributed by atoms with Gasteiger partial charge >= 0.3 is 16.9 Å². The van der Waals surface area contributed by atoms with Crippen molar-refractivity contribution in [2.45, 2.75) is 51.3 Å². The Bertz CT molecular complexity index is 947. The number of unbranched alkanes of at least 4 members (excludes halogenated alkanes) is 1. The minimum absolute atomic E-state index is 0.0830. The summed E-state index contributed by atoms with van der Waals surface area (Å²) in [4.78, 5) is 0.0830. The maximum Gasteiger partial charge on any atom is 0.440 e. The van der Waals surface area contributed by atoms with E-state index in [1.807, 2.05) is 13.8 Å². The molecule has 0 heterocycles. The molecule has 30 heavy (non-hydrogen) atoms. The fourth-order valence-electron chi connectivity index (χ4n) is 2.65. The van der Waals surface area contributed by atoms with E-state index in [2.05, 4.69) is 0 Å². The molecule has 0 aliphatic carbocycles. The van der Waals surface area contributed by atoms with Crippen LogP contribution in [0.4, 0.5) is 0 Å². The lowest BCUT2D eigenvalue weighted by atomic mass is 10.1. The maximum absolute atomic E-state index is 13.0. The normalized spacial score (nSPS) is 13.6. The van der Waals surface area contributed by atoms with E-state index in [0.717, 1.165) is 30.6 Å². The van der Waals surface area contributed by atoms with Gasteiger partial charge in [-0.05, 0) is 73.5 Å². The van der Waals surface area contributed by atoms with Crippen LogP contribution >= 0.6 is 18.2 Å². The van der Waals surface area contributed by atoms with Gasteiger partial charge in [-0.15, -0.1) is 0 Å². The summed E-state index contributed by atoms with van der Waals surface area (Å²) in [6.07, 6.45) is 3.06. The lowest BCUT2D eigenvalue weighted by Gasteiger charge is -2.19. The van der Waals surface area contributed by atoms with Crippen molar-refractivity contribution in [1.82, 2.24) is 0 Å². The molecule has 0 saturated carbocycles. The lowest BCUT2D eigenvalue weighted by Crippen LogP contribution is -2.12. The molecule has 9 heteroatoms. The number of rotatable bonds is 13. The Morgan fingerprint density at radius 2 is 1.70 bits per heavy atom. The Morgan fingerprint density at radius 3 is 2.33 bits per heavy atom. The average Bonchev–Trinajstić information content (AvgIpc) is 2.71. The van der Waals surface area contributed by atoms with Gasteiger partial charge in [0.05, 0.1) is 6.61 Å². The van der Waals surface area contributed by atoms with Crippen LogP contribution < -0.4 is 8.71 Å². The van der Waals surface area contributed by atoms with Crippen LogP contribution in [0.2, 0.25) is 0 Å². The molecule has 0 radical (unpaired) electrons. The first-order valence-corrected chi connectivity index (χ1v) is 14.6. The SMILES string of the molecule is CCCCc1cc(OP(=O)(OCC)SCCC)ccc1S(=O)(=O)Oc1ccccc1. The summed E-state index contributed by atoms with van der Waals surface area (Å²) < 4.78 is 55.1. The van der Waals surface area contributed by atoms with Crippen LogP contribution in [0.3, 0.4) is 0 Å². The summed E-state index contributed by atoms with van der Waals surface area (Å²) in [5.74, 6) is 1.20. The van der Waals surface area contributed by atoms with Gasteiger partial charge in [0.25, 0.3) is 0 Å². The highest BCUT2D eigenvalue weighted by Gasteiger charge is 2.28. The van der Waals surface area contributed by atoms with Crippen LogP contribution in [0.5, 0.6) is 11.5 Å². The molecule has 0 saturated heterocycles. The van der Waals surface area contributed by atoms with Gasteiger partial charge in [-0.3, -0.25) is 4.52 Å². The number of benzene rings is 2. The summed E-state index contributed by atoms with van der Waals surface area (Å²) >= 11 is 1.15. The Morgan fingerprint density at radius 1 is 0.967 bits per heavy atom. The molecule has 2 rings (SSSR count). The minimum atomic E-state index is -4.02. The smallest absolute Gasteiger partial charge is 0.417 e. The monoisotopic (exact) mass is 472 g/mol. The van der Waals surface area contributed by atoms with Crippen molar-refractivity contribution in [2.24, 2.45) is 0 Å². The molecular weight excluding hydrogens is 443 g/mol. The largest absolute Gasteiger partial charge is 0.440 e. The predicted octanol–water partition coefficient (Wildman–Crippen LogP) is 6.46. The first-order valence-electron chi connectivity index (χ1n) is 10.0. The maximum atomic E-state index is 13.0. The van der Waals surface area contributed by atoms with Crippen molar-refractivity contribution < 1.29 is 26.2 Å². The van der Waals surface area contributed by atoms with E-state index in [1.54, 1.807) is 43.3 Å². The molecule has 0 amide bonds. The van der Waals surface area contributed by atoms with Gasteiger partial charge in [-0.25, -0.2) is 4.57 Å². The molecule has 0 aliphatic heterocycles. The number of aryl methyl sites for hydroxylation is 1. The fraction of sp³-hybridized carbons (Fsp3) is 0.429. The molecule has 2 aromatic rings. The molecule has 0 aliphatic rings. The Kier molecular flexibility index (Phi) is 9.75. The zero-order valence-electron chi connectivity index (χ0n) is 17.6. The van der Waals surface area contributed by atoms with Crippen LogP contribution in [0.25, 0.3) is 0 Å². The average molecular weight is 473 g/mol. The Balaban J connectivity index is 2.35. The fourth-order valence-corrected chi connectivity index (χ4v) is 7.27. The van der Waals surface area contributed by atoms with Crippen molar-refractivity contribution >= 4 is 28.3 Å². The van der Waals surface area contributed by atoms with Gasteiger partial charge in [0.1, 0.15) is 16.4 Å². The van der Waals surface area contributed by atoms with Gasteiger partial charge in [0, 0.05) is 5.75 Å². The van der Waals surface area contributed by atoms with E-state index in [0.29, 0.717) is 23.5 Å². The molecule has 0 fully saturated rings. The number of hydrogen-bond acceptors (Lipinski definition) is 7. The van der Waals surface area contributed by atoms with Crippen LogP contribution in [0, 0.1) is 0 Å². The second kappa shape index (κ2) is 11.8. The molecule has 0 spiro atoms. The van der Waals surface area contributed by atoms with Crippen molar-refractivity contribution in [2.75, 3.05) is 12.4 Å². The molecule has 6 nitrogen and oxygen atoms in total. The summed E-state index contributed by atoms with van der Waals surface area (Å²) in [6.45, 7) is 2.65. The van der Waals surface area contributed by atoms with Crippen molar-refractivity contribution in [3.05, 3.63) is 54.1 Å².